The summed E-state index contributed by atoms with van der Waals surface area (Å²) >= 11 is 0. The van der Waals surface area contributed by atoms with Crippen LogP contribution in [-0.4, -0.2) is 24.7 Å². The number of hydrogen-bond acceptors (Lipinski definition) is 5. The minimum absolute atomic E-state index is 0.00265. The Bertz CT molecular complexity index is 979. The minimum atomic E-state index is -0.602. The summed E-state index contributed by atoms with van der Waals surface area (Å²) in [4.78, 5) is 23.5. The van der Waals surface area contributed by atoms with Crippen molar-refractivity contribution in [1.29, 1.82) is 0 Å². The largest absolute Gasteiger partial charge is 0.384 e. The van der Waals surface area contributed by atoms with E-state index in [1.165, 1.54) is 33.7 Å². The summed E-state index contributed by atoms with van der Waals surface area (Å²) in [6.45, 7) is 1.72. The van der Waals surface area contributed by atoms with Gasteiger partial charge >= 0.3 is 5.69 Å². The first-order chi connectivity index (χ1) is 11.5. The molecule has 8 nitrogen and oxygen atoms in total. The molecular formula is C15H12FN5O3. The van der Waals surface area contributed by atoms with E-state index in [0.717, 1.165) is 0 Å². The molecule has 0 saturated heterocycles. The molecule has 0 radical (unpaired) electrons. The van der Waals surface area contributed by atoms with Gasteiger partial charge in [0.05, 0.1) is 17.2 Å². The topological polar surface area (TPSA) is 95.8 Å². The molecule has 0 aliphatic carbocycles. The first-order valence-corrected chi connectivity index (χ1v) is 6.98. The van der Waals surface area contributed by atoms with Crippen LogP contribution in [0.25, 0.3) is 5.69 Å². The van der Waals surface area contributed by atoms with Crippen LogP contribution in [0.15, 0.2) is 47.3 Å². The molecule has 0 spiro atoms. The van der Waals surface area contributed by atoms with Gasteiger partial charge in [-0.2, -0.15) is 0 Å². The number of halogens is 1. The predicted molar refractivity (Wildman–Crippen MR) is 82.5 cm³/mol. The van der Waals surface area contributed by atoms with E-state index in [1.54, 1.807) is 25.1 Å². The van der Waals surface area contributed by atoms with Gasteiger partial charge in [0.15, 0.2) is 0 Å². The smallest absolute Gasteiger partial charge is 0.258 e. The number of nitrogens with zero attached hydrogens (tertiary/aromatic N) is 5. The maximum Gasteiger partial charge on any atom is 0.384 e. The number of aromatic nitrogens is 4. The van der Waals surface area contributed by atoms with Gasteiger partial charge in [-0.3, -0.25) is 10.1 Å². The average Bonchev–Trinajstić information content (AvgIpc) is 2.88. The third-order valence-corrected chi connectivity index (χ3v) is 3.49. The average molecular weight is 329 g/mol. The van der Waals surface area contributed by atoms with Gasteiger partial charge in [0.1, 0.15) is 5.82 Å². The maximum atomic E-state index is 13.4. The Hall–Kier alpha value is -3.36. The van der Waals surface area contributed by atoms with Crippen molar-refractivity contribution in [2.45, 2.75) is 13.5 Å². The van der Waals surface area contributed by atoms with Gasteiger partial charge in [-0.1, -0.05) is 17.2 Å². The molecule has 1 heterocycles. The molecule has 122 valence electrons. The van der Waals surface area contributed by atoms with Gasteiger partial charge in [-0.25, -0.2) is 13.9 Å². The summed E-state index contributed by atoms with van der Waals surface area (Å²) < 4.78 is 14.6. The van der Waals surface area contributed by atoms with E-state index in [2.05, 4.69) is 10.3 Å². The van der Waals surface area contributed by atoms with E-state index in [-0.39, 0.29) is 12.2 Å². The molecule has 0 fully saturated rings. The van der Waals surface area contributed by atoms with Crippen molar-refractivity contribution in [3.63, 3.8) is 0 Å². The molecule has 0 bridgehead atoms. The molecule has 3 rings (SSSR count). The standard InChI is InChI=1S/C15H12FN5O3/c1-10-7-11(5-6-14(10)21(23)24)9-19-15(22)17-18-20(19)13-4-2-3-12(16)8-13/h2-8H,9H2,1H3. The normalized spacial score (nSPS) is 10.8. The summed E-state index contributed by atoms with van der Waals surface area (Å²) in [5, 5.41) is 18.1. The summed E-state index contributed by atoms with van der Waals surface area (Å²) in [7, 11) is 0. The summed E-state index contributed by atoms with van der Waals surface area (Å²) in [6, 6.07) is 10.2. The Balaban J connectivity index is 2.00. The molecule has 0 atom stereocenters. The van der Waals surface area contributed by atoms with Crippen LogP contribution < -0.4 is 5.69 Å². The van der Waals surface area contributed by atoms with Crippen molar-refractivity contribution >= 4 is 5.69 Å². The Kier molecular flexibility index (Phi) is 3.90. The van der Waals surface area contributed by atoms with Gasteiger partial charge in [-0.15, -0.1) is 4.80 Å². The quantitative estimate of drug-likeness (QED) is 0.537. The SMILES string of the molecule is Cc1cc(Cn2c(=O)nnn2-c2cccc(F)c2)ccc1[N+](=O)[O-]. The Morgan fingerprint density at radius 3 is 2.71 bits per heavy atom. The van der Waals surface area contributed by atoms with Crippen LogP contribution >= 0.6 is 0 Å². The summed E-state index contributed by atoms with van der Waals surface area (Å²) in [5.74, 6) is -0.465. The first kappa shape index (κ1) is 15.5. The monoisotopic (exact) mass is 329 g/mol. The lowest BCUT2D eigenvalue weighted by Crippen LogP contribution is -2.24. The van der Waals surface area contributed by atoms with Crippen LogP contribution in [0.5, 0.6) is 0 Å². The molecule has 0 aliphatic heterocycles. The van der Waals surface area contributed by atoms with Gasteiger partial charge in [0, 0.05) is 17.7 Å². The highest BCUT2D eigenvalue weighted by Crippen LogP contribution is 2.19. The number of rotatable bonds is 4. The Morgan fingerprint density at radius 1 is 1.25 bits per heavy atom. The molecule has 9 heteroatoms. The molecule has 24 heavy (non-hydrogen) atoms. The molecule has 0 unspecified atom stereocenters. The fraction of sp³-hybridized carbons (Fsp3) is 0.133. The van der Waals surface area contributed by atoms with Gasteiger partial charge in [0.25, 0.3) is 5.69 Å². The van der Waals surface area contributed by atoms with Crippen molar-refractivity contribution < 1.29 is 9.31 Å². The van der Waals surface area contributed by atoms with Gasteiger partial charge in [-0.05, 0) is 35.9 Å². The fourth-order valence-corrected chi connectivity index (χ4v) is 2.38. The number of tetrazole rings is 1. The van der Waals surface area contributed by atoms with Crippen LogP contribution in [0.3, 0.4) is 0 Å². The zero-order chi connectivity index (χ0) is 17.3. The van der Waals surface area contributed by atoms with Crippen molar-refractivity contribution in [1.82, 2.24) is 19.8 Å². The maximum absolute atomic E-state index is 13.4. The predicted octanol–water partition coefficient (Wildman–Crippen LogP) is 1.83. The highest BCUT2D eigenvalue weighted by atomic mass is 19.1. The van der Waals surface area contributed by atoms with Gasteiger partial charge in [0.2, 0.25) is 0 Å². The Morgan fingerprint density at radius 2 is 2.04 bits per heavy atom. The Labute approximate surface area is 134 Å². The van der Waals surface area contributed by atoms with E-state index >= 15 is 0 Å². The molecule has 2 aromatic carbocycles. The highest BCUT2D eigenvalue weighted by Gasteiger charge is 2.13. The second kappa shape index (κ2) is 6.03. The highest BCUT2D eigenvalue weighted by molar-refractivity contribution is 5.41. The van der Waals surface area contributed by atoms with Crippen LogP contribution in [0.2, 0.25) is 0 Å². The van der Waals surface area contributed by atoms with E-state index < -0.39 is 16.4 Å². The van der Waals surface area contributed by atoms with E-state index in [9.17, 15) is 19.3 Å². The molecule has 3 aromatic rings. The first-order valence-electron chi connectivity index (χ1n) is 6.98. The lowest BCUT2D eigenvalue weighted by molar-refractivity contribution is -0.385. The third-order valence-electron chi connectivity index (χ3n) is 3.49. The second-order valence-electron chi connectivity index (χ2n) is 5.18. The molecule has 0 amide bonds. The van der Waals surface area contributed by atoms with Crippen molar-refractivity contribution in [2.75, 3.05) is 0 Å². The van der Waals surface area contributed by atoms with Crippen molar-refractivity contribution in [2.24, 2.45) is 0 Å². The number of aryl methyl sites for hydroxylation is 1. The van der Waals surface area contributed by atoms with Crippen LogP contribution in [0.1, 0.15) is 11.1 Å². The number of nitro benzene ring substituents is 1. The zero-order valence-corrected chi connectivity index (χ0v) is 12.6. The second-order valence-corrected chi connectivity index (χ2v) is 5.18. The molecule has 0 aliphatic rings. The minimum Gasteiger partial charge on any atom is -0.258 e. The fourth-order valence-electron chi connectivity index (χ4n) is 2.38. The van der Waals surface area contributed by atoms with Crippen LogP contribution in [0, 0.1) is 22.9 Å². The number of benzene rings is 2. The lowest BCUT2D eigenvalue weighted by atomic mass is 10.1. The molecule has 0 N–H and O–H groups in total. The van der Waals surface area contributed by atoms with E-state index in [1.807, 2.05) is 0 Å². The summed E-state index contributed by atoms with van der Waals surface area (Å²) in [5.41, 5.74) is 0.900. The van der Waals surface area contributed by atoms with Crippen molar-refractivity contribution in [3.05, 3.63) is 80.0 Å². The molecular weight excluding hydrogens is 317 g/mol. The molecule has 0 saturated carbocycles. The zero-order valence-electron chi connectivity index (χ0n) is 12.6. The van der Waals surface area contributed by atoms with Crippen LogP contribution in [-0.2, 0) is 6.54 Å². The van der Waals surface area contributed by atoms with Crippen molar-refractivity contribution in [3.8, 4) is 5.69 Å². The molecule has 1 aromatic heterocycles. The van der Waals surface area contributed by atoms with E-state index in [0.29, 0.717) is 16.8 Å². The van der Waals surface area contributed by atoms with E-state index in [4.69, 9.17) is 0 Å². The lowest BCUT2D eigenvalue weighted by Gasteiger charge is -2.09. The van der Waals surface area contributed by atoms with Crippen LogP contribution in [0.4, 0.5) is 10.1 Å². The number of hydrogen-bond donors (Lipinski definition) is 0. The third kappa shape index (κ3) is 2.91. The summed E-state index contributed by atoms with van der Waals surface area (Å²) in [6.07, 6.45) is 0. The number of nitro groups is 1. The van der Waals surface area contributed by atoms with Gasteiger partial charge < -0.3 is 0 Å².